The Labute approximate surface area is 88.8 Å². The summed E-state index contributed by atoms with van der Waals surface area (Å²) in [5.74, 6) is 0. The second-order valence-corrected chi connectivity index (χ2v) is 3.89. The number of nitrogens with zero attached hydrogens (tertiary/aromatic N) is 1. The fourth-order valence-corrected chi connectivity index (χ4v) is 2.17. The van der Waals surface area contributed by atoms with Crippen LogP contribution in [0.4, 0.5) is 0 Å². The third kappa shape index (κ3) is 1.29. The molecule has 1 aromatic heterocycles. The molecule has 0 fully saturated rings. The van der Waals surface area contributed by atoms with Crippen LogP contribution in [0.5, 0.6) is 0 Å². The maximum absolute atomic E-state index is 5.64. The molecule has 0 saturated carbocycles. The largest absolute Gasteiger partial charge is 0.366 e. The van der Waals surface area contributed by atoms with Gasteiger partial charge < -0.3 is 9.30 Å². The van der Waals surface area contributed by atoms with Crippen molar-refractivity contribution in [2.75, 3.05) is 0 Å². The minimum atomic E-state index is 0.147. The van der Waals surface area contributed by atoms with Gasteiger partial charge in [0.25, 0.3) is 0 Å². The van der Waals surface area contributed by atoms with Crippen LogP contribution in [0.2, 0.25) is 0 Å². The van der Waals surface area contributed by atoms with Gasteiger partial charge in [-0.15, -0.1) is 6.58 Å². The molecule has 2 nitrogen and oxygen atoms in total. The molecule has 76 valence electrons. The van der Waals surface area contributed by atoms with E-state index in [0.29, 0.717) is 6.61 Å². The monoisotopic (exact) mass is 199 g/mol. The SMILES string of the molecule is C=C[C@H]1Cn2c(cc3ccccc32)CO1. The highest BCUT2D eigenvalue weighted by molar-refractivity contribution is 5.81. The average molecular weight is 199 g/mol. The third-order valence-electron chi connectivity index (χ3n) is 2.97. The molecule has 0 aliphatic carbocycles. The van der Waals surface area contributed by atoms with Gasteiger partial charge in [0.2, 0.25) is 0 Å². The predicted molar refractivity (Wildman–Crippen MR) is 60.7 cm³/mol. The Balaban J connectivity index is 2.18. The molecule has 2 aromatic rings. The van der Waals surface area contributed by atoms with Crippen molar-refractivity contribution in [1.82, 2.24) is 4.57 Å². The lowest BCUT2D eigenvalue weighted by Crippen LogP contribution is -2.24. The normalized spacial score (nSPS) is 20.1. The highest BCUT2D eigenvalue weighted by Gasteiger charge is 2.18. The lowest BCUT2D eigenvalue weighted by Gasteiger charge is -2.23. The van der Waals surface area contributed by atoms with Crippen molar-refractivity contribution < 1.29 is 4.74 Å². The number of para-hydroxylation sites is 1. The number of benzene rings is 1. The van der Waals surface area contributed by atoms with Crippen molar-refractivity contribution in [2.45, 2.75) is 19.3 Å². The Bertz CT molecular complexity index is 512. The molecule has 1 atom stereocenters. The van der Waals surface area contributed by atoms with E-state index in [1.807, 2.05) is 6.08 Å². The molecule has 1 aliphatic rings. The van der Waals surface area contributed by atoms with Crippen LogP contribution in [-0.4, -0.2) is 10.7 Å². The van der Waals surface area contributed by atoms with Gasteiger partial charge in [-0.3, -0.25) is 0 Å². The topological polar surface area (TPSA) is 14.2 Å². The van der Waals surface area contributed by atoms with Gasteiger partial charge in [0.15, 0.2) is 0 Å². The van der Waals surface area contributed by atoms with E-state index in [9.17, 15) is 0 Å². The van der Waals surface area contributed by atoms with E-state index in [-0.39, 0.29) is 6.10 Å². The Kier molecular flexibility index (Phi) is 1.89. The summed E-state index contributed by atoms with van der Waals surface area (Å²) in [5.41, 5.74) is 2.55. The minimum Gasteiger partial charge on any atom is -0.366 e. The predicted octanol–water partition coefficient (Wildman–Crippen LogP) is 2.73. The summed E-state index contributed by atoms with van der Waals surface area (Å²) in [4.78, 5) is 0. The van der Waals surface area contributed by atoms with Crippen LogP contribution in [-0.2, 0) is 17.9 Å². The number of rotatable bonds is 1. The molecule has 1 aromatic carbocycles. The first-order valence-corrected chi connectivity index (χ1v) is 5.20. The van der Waals surface area contributed by atoms with Crippen molar-refractivity contribution in [3.63, 3.8) is 0 Å². The average Bonchev–Trinajstić information content (AvgIpc) is 2.66. The van der Waals surface area contributed by atoms with E-state index in [2.05, 4.69) is 41.5 Å². The highest BCUT2D eigenvalue weighted by atomic mass is 16.5. The van der Waals surface area contributed by atoms with Gasteiger partial charge in [0.05, 0.1) is 19.3 Å². The van der Waals surface area contributed by atoms with Crippen molar-refractivity contribution in [3.8, 4) is 0 Å². The Morgan fingerprint density at radius 3 is 3.13 bits per heavy atom. The second-order valence-electron chi connectivity index (χ2n) is 3.89. The molecule has 1 aliphatic heterocycles. The van der Waals surface area contributed by atoms with Crippen LogP contribution >= 0.6 is 0 Å². The molecule has 15 heavy (non-hydrogen) atoms. The summed E-state index contributed by atoms with van der Waals surface area (Å²) in [6.07, 6.45) is 2.02. The lowest BCUT2D eigenvalue weighted by atomic mass is 10.2. The Hall–Kier alpha value is -1.54. The van der Waals surface area contributed by atoms with Gasteiger partial charge in [-0.2, -0.15) is 0 Å². The number of hydrogen-bond donors (Lipinski definition) is 0. The fraction of sp³-hybridized carbons (Fsp3) is 0.231. The summed E-state index contributed by atoms with van der Waals surface area (Å²) in [7, 11) is 0. The van der Waals surface area contributed by atoms with Crippen LogP contribution in [0.25, 0.3) is 10.9 Å². The Morgan fingerprint density at radius 1 is 1.40 bits per heavy atom. The first-order chi connectivity index (χ1) is 7.38. The molecule has 3 rings (SSSR count). The standard InChI is InChI=1S/C13H13NO/c1-2-12-8-14-11(9-15-12)7-10-5-3-4-6-13(10)14/h2-7,12H,1,8-9H2/t12-/m0/s1. The zero-order valence-electron chi connectivity index (χ0n) is 8.52. The zero-order chi connectivity index (χ0) is 10.3. The fourth-order valence-electron chi connectivity index (χ4n) is 2.17. The van der Waals surface area contributed by atoms with Gasteiger partial charge in [0.1, 0.15) is 0 Å². The quantitative estimate of drug-likeness (QED) is 0.644. The van der Waals surface area contributed by atoms with Crippen molar-refractivity contribution >= 4 is 10.9 Å². The van der Waals surface area contributed by atoms with Gasteiger partial charge in [-0.1, -0.05) is 24.3 Å². The zero-order valence-corrected chi connectivity index (χ0v) is 8.52. The highest BCUT2D eigenvalue weighted by Crippen LogP contribution is 2.24. The molecule has 0 saturated heterocycles. The van der Waals surface area contributed by atoms with Crippen molar-refractivity contribution in [1.29, 1.82) is 0 Å². The van der Waals surface area contributed by atoms with Gasteiger partial charge in [-0.05, 0) is 17.5 Å². The molecule has 2 heterocycles. The molecular weight excluding hydrogens is 186 g/mol. The van der Waals surface area contributed by atoms with E-state index < -0.39 is 0 Å². The summed E-state index contributed by atoms with van der Waals surface area (Å²) >= 11 is 0. The van der Waals surface area contributed by atoms with Gasteiger partial charge in [-0.25, -0.2) is 0 Å². The molecule has 0 spiro atoms. The number of ether oxygens (including phenoxy) is 1. The van der Waals surface area contributed by atoms with Crippen LogP contribution in [0, 0.1) is 0 Å². The molecule has 0 N–H and O–H groups in total. The van der Waals surface area contributed by atoms with Crippen LogP contribution in [0.1, 0.15) is 5.69 Å². The van der Waals surface area contributed by atoms with E-state index in [4.69, 9.17) is 4.74 Å². The molecule has 0 amide bonds. The van der Waals surface area contributed by atoms with Crippen molar-refractivity contribution in [3.05, 3.63) is 48.7 Å². The molecule has 0 bridgehead atoms. The summed E-state index contributed by atoms with van der Waals surface area (Å²) in [5, 5.41) is 1.29. The lowest BCUT2D eigenvalue weighted by molar-refractivity contribution is 0.0363. The van der Waals surface area contributed by atoms with E-state index in [1.54, 1.807) is 0 Å². The third-order valence-corrected chi connectivity index (χ3v) is 2.97. The van der Waals surface area contributed by atoms with Crippen LogP contribution in [0.15, 0.2) is 43.0 Å². The van der Waals surface area contributed by atoms with Crippen LogP contribution in [0.3, 0.4) is 0 Å². The maximum atomic E-state index is 5.64. The first kappa shape index (κ1) is 8.74. The molecular formula is C13H13NO. The Morgan fingerprint density at radius 2 is 2.27 bits per heavy atom. The smallest absolute Gasteiger partial charge is 0.0937 e. The number of aromatic nitrogens is 1. The maximum Gasteiger partial charge on any atom is 0.0937 e. The van der Waals surface area contributed by atoms with E-state index in [0.717, 1.165) is 6.54 Å². The summed E-state index contributed by atoms with van der Waals surface area (Å²) < 4.78 is 7.97. The molecule has 0 unspecified atom stereocenters. The second kappa shape index (κ2) is 3.24. The number of hydrogen-bond acceptors (Lipinski definition) is 1. The molecule has 0 radical (unpaired) electrons. The van der Waals surface area contributed by atoms with Gasteiger partial charge >= 0.3 is 0 Å². The van der Waals surface area contributed by atoms with Crippen molar-refractivity contribution in [2.24, 2.45) is 0 Å². The van der Waals surface area contributed by atoms with Crippen LogP contribution < -0.4 is 0 Å². The summed E-state index contributed by atoms with van der Waals surface area (Å²) in [6.45, 7) is 5.35. The summed E-state index contributed by atoms with van der Waals surface area (Å²) in [6, 6.07) is 10.6. The number of fused-ring (bicyclic) bond motifs is 3. The van der Waals surface area contributed by atoms with Gasteiger partial charge in [0, 0.05) is 11.2 Å². The van der Waals surface area contributed by atoms with E-state index in [1.165, 1.54) is 16.6 Å². The molecule has 2 heteroatoms. The minimum absolute atomic E-state index is 0.147. The van der Waals surface area contributed by atoms with E-state index >= 15 is 0 Å². The first-order valence-electron chi connectivity index (χ1n) is 5.20.